The van der Waals surface area contributed by atoms with Crippen molar-refractivity contribution < 1.29 is 21.1 Å². The number of benzene rings is 1. The molecule has 0 atom stereocenters. The Balaban J connectivity index is 0.000000640. The smallest absolute Gasteiger partial charge is 0 e. The molecule has 9 heavy (non-hydrogen) atoms. The summed E-state index contributed by atoms with van der Waals surface area (Å²) in [6.45, 7) is 0.620. The molecule has 1 aromatic carbocycles. The summed E-state index contributed by atoms with van der Waals surface area (Å²) in [4.78, 5) is 0. The van der Waals surface area contributed by atoms with Gasteiger partial charge in [0.1, 0.15) is 0 Å². The average Bonchev–Trinajstić information content (AvgIpc) is 1.90. The Hall–Kier alpha value is -0.132. The van der Waals surface area contributed by atoms with Gasteiger partial charge in [0.25, 0.3) is 0 Å². The monoisotopic (exact) mass is 301 g/mol. The van der Waals surface area contributed by atoms with Crippen molar-refractivity contribution in [1.82, 2.24) is 0 Å². The second kappa shape index (κ2) is 4.72. The Bertz CT molecular complexity index is 150. The molecule has 0 saturated heterocycles. The molecular formula is C7H8NPt-. The molecule has 0 aromatic heterocycles. The third kappa shape index (κ3) is 2.78. The molecule has 0 amide bonds. The van der Waals surface area contributed by atoms with Crippen molar-refractivity contribution >= 4 is 0 Å². The van der Waals surface area contributed by atoms with Gasteiger partial charge in [-0.15, -0.1) is 5.56 Å². The summed E-state index contributed by atoms with van der Waals surface area (Å²) >= 11 is 0. The number of hydrogen-bond donors (Lipinski definition) is 1. The normalized spacial score (nSPS) is 8.11. The Morgan fingerprint density at radius 3 is 2.22 bits per heavy atom. The average molecular weight is 301 g/mol. The van der Waals surface area contributed by atoms with E-state index in [0.29, 0.717) is 6.54 Å². The minimum Gasteiger partial charge on any atom is -0.328 e. The minimum absolute atomic E-state index is 0. The van der Waals surface area contributed by atoms with Crippen molar-refractivity contribution in [2.45, 2.75) is 6.54 Å². The van der Waals surface area contributed by atoms with Crippen LogP contribution in [0.3, 0.4) is 0 Å². The van der Waals surface area contributed by atoms with Crippen LogP contribution in [0.15, 0.2) is 24.3 Å². The van der Waals surface area contributed by atoms with E-state index in [1.54, 1.807) is 0 Å². The summed E-state index contributed by atoms with van der Waals surface area (Å²) in [6.07, 6.45) is 0. The summed E-state index contributed by atoms with van der Waals surface area (Å²) in [5.41, 5.74) is 6.49. The fraction of sp³-hybridized carbons (Fsp3) is 0.143. The number of rotatable bonds is 1. The van der Waals surface area contributed by atoms with Gasteiger partial charge in [-0.25, -0.2) is 0 Å². The van der Waals surface area contributed by atoms with Crippen LogP contribution in [0, 0.1) is 6.07 Å². The fourth-order valence-electron chi connectivity index (χ4n) is 0.557. The van der Waals surface area contributed by atoms with Crippen molar-refractivity contribution in [3.63, 3.8) is 0 Å². The van der Waals surface area contributed by atoms with Gasteiger partial charge in [0.05, 0.1) is 0 Å². The molecule has 0 aliphatic heterocycles. The topological polar surface area (TPSA) is 26.0 Å². The minimum atomic E-state index is 0. The zero-order valence-corrected chi connectivity index (χ0v) is 7.18. The molecule has 0 aliphatic carbocycles. The molecule has 52 valence electrons. The van der Waals surface area contributed by atoms with Gasteiger partial charge in [-0.2, -0.15) is 30.3 Å². The number of nitrogens with two attached hydrogens (primary N) is 1. The molecule has 0 heterocycles. The zero-order valence-electron chi connectivity index (χ0n) is 4.91. The van der Waals surface area contributed by atoms with Crippen LogP contribution in [0.4, 0.5) is 0 Å². The van der Waals surface area contributed by atoms with Crippen LogP contribution in [-0.4, -0.2) is 0 Å². The van der Waals surface area contributed by atoms with Crippen LogP contribution in [0.5, 0.6) is 0 Å². The molecular weight excluding hydrogens is 293 g/mol. The second-order valence-electron chi connectivity index (χ2n) is 1.61. The van der Waals surface area contributed by atoms with E-state index in [1.165, 1.54) is 0 Å². The molecule has 0 bridgehead atoms. The maximum atomic E-state index is 5.34. The van der Waals surface area contributed by atoms with E-state index in [4.69, 9.17) is 5.73 Å². The first-order valence-corrected chi connectivity index (χ1v) is 2.58. The summed E-state index contributed by atoms with van der Waals surface area (Å²) in [5.74, 6) is 0. The first-order valence-electron chi connectivity index (χ1n) is 2.58. The predicted molar refractivity (Wildman–Crippen MR) is 33.2 cm³/mol. The Labute approximate surface area is 69.5 Å². The van der Waals surface area contributed by atoms with E-state index < -0.39 is 0 Å². The first kappa shape index (κ1) is 8.87. The fourth-order valence-corrected chi connectivity index (χ4v) is 0.557. The third-order valence-corrected chi connectivity index (χ3v) is 1.02. The van der Waals surface area contributed by atoms with E-state index in [1.807, 2.05) is 24.3 Å². The molecule has 2 heteroatoms. The molecule has 0 spiro atoms. The maximum Gasteiger partial charge on any atom is 0 e. The molecule has 0 saturated carbocycles. The Morgan fingerprint density at radius 2 is 1.89 bits per heavy atom. The molecule has 1 nitrogen and oxygen atoms in total. The summed E-state index contributed by atoms with van der Waals surface area (Å²) in [7, 11) is 0. The Kier molecular flexibility index (Phi) is 4.65. The van der Waals surface area contributed by atoms with Crippen molar-refractivity contribution in [1.29, 1.82) is 0 Å². The molecule has 0 unspecified atom stereocenters. The molecule has 0 radical (unpaired) electrons. The van der Waals surface area contributed by atoms with Crippen LogP contribution in [0.25, 0.3) is 0 Å². The van der Waals surface area contributed by atoms with Crippen molar-refractivity contribution in [3.8, 4) is 0 Å². The maximum absolute atomic E-state index is 5.34. The standard InChI is InChI=1S/C7H8N.Pt/c8-6-7-4-2-1-3-5-7;/h2-5H,6,8H2;/q-1;. The van der Waals surface area contributed by atoms with Crippen molar-refractivity contribution in [2.24, 2.45) is 5.73 Å². The number of hydrogen-bond acceptors (Lipinski definition) is 1. The SMILES string of the molecule is NCc1cc[c-]cc1.[Pt]. The van der Waals surface area contributed by atoms with Crippen LogP contribution >= 0.6 is 0 Å². The van der Waals surface area contributed by atoms with E-state index in [9.17, 15) is 0 Å². The van der Waals surface area contributed by atoms with E-state index in [0.717, 1.165) is 5.56 Å². The largest absolute Gasteiger partial charge is 0.328 e. The summed E-state index contributed by atoms with van der Waals surface area (Å²) in [6, 6.07) is 10.6. The van der Waals surface area contributed by atoms with Gasteiger partial charge in [-0.05, 0) is 6.54 Å². The van der Waals surface area contributed by atoms with E-state index in [2.05, 4.69) is 6.07 Å². The third-order valence-electron chi connectivity index (χ3n) is 1.02. The van der Waals surface area contributed by atoms with Crippen LogP contribution in [0.2, 0.25) is 0 Å². The van der Waals surface area contributed by atoms with Gasteiger partial charge >= 0.3 is 0 Å². The predicted octanol–water partition coefficient (Wildman–Crippen LogP) is 0.943. The second-order valence-corrected chi connectivity index (χ2v) is 1.61. The van der Waals surface area contributed by atoms with Crippen LogP contribution in [0.1, 0.15) is 5.56 Å². The van der Waals surface area contributed by atoms with Crippen molar-refractivity contribution in [3.05, 3.63) is 35.9 Å². The molecule has 1 aromatic rings. The quantitative estimate of drug-likeness (QED) is 0.768. The van der Waals surface area contributed by atoms with Gasteiger partial charge in [0, 0.05) is 21.1 Å². The van der Waals surface area contributed by atoms with Crippen molar-refractivity contribution in [2.75, 3.05) is 0 Å². The van der Waals surface area contributed by atoms with Crippen LogP contribution < -0.4 is 5.73 Å². The van der Waals surface area contributed by atoms with E-state index in [-0.39, 0.29) is 21.1 Å². The first-order chi connectivity index (χ1) is 3.93. The summed E-state index contributed by atoms with van der Waals surface area (Å²) < 4.78 is 0. The molecule has 2 N–H and O–H groups in total. The zero-order chi connectivity index (χ0) is 5.82. The van der Waals surface area contributed by atoms with Crippen LogP contribution in [-0.2, 0) is 27.6 Å². The van der Waals surface area contributed by atoms with Gasteiger partial charge in [0.2, 0.25) is 0 Å². The molecule has 0 fully saturated rings. The molecule has 0 aliphatic rings. The van der Waals surface area contributed by atoms with Gasteiger partial charge in [-0.1, -0.05) is 0 Å². The van der Waals surface area contributed by atoms with Gasteiger partial charge in [0.15, 0.2) is 0 Å². The van der Waals surface area contributed by atoms with E-state index >= 15 is 0 Å². The van der Waals surface area contributed by atoms with Gasteiger partial charge in [-0.3, -0.25) is 0 Å². The molecule has 1 rings (SSSR count). The van der Waals surface area contributed by atoms with Gasteiger partial charge < -0.3 is 5.73 Å². The summed E-state index contributed by atoms with van der Waals surface area (Å²) in [5, 5.41) is 0. The Morgan fingerprint density at radius 1 is 1.33 bits per heavy atom.